The number of nitrogens with zero attached hydrogens (tertiary/aromatic N) is 1. The third-order valence-corrected chi connectivity index (χ3v) is 3.94. The fourth-order valence-corrected chi connectivity index (χ4v) is 2.78. The number of piperidine rings is 1. The van der Waals surface area contributed by atoms with Gasteiger partial charge in [0, 0.05) is 38.0 Å². The van der Waals surface area contributed by atoms with Gasteiger partial charge in [-0.15, -0.1) is 0 Å². The summed E-state index contributed by atoms with van der Waals surface area (Å²) in [6.07, 6.45) is -0.101. The van der Waals surface area contributed by atoms with Gasteiger partial charge in [0.1, 0.15) is 5.75 Å². The van der Waals surface area contributed by atoms with Crippen LogP contribution in [0.5, 0.6) is 5.75 Å². The van der Waals surface area contributed by atoms with Crippen molar-refractivity contribution >= 4 is 15.9 Å². The van der Waals surface area contributed by atoms with Crippen LogP contribution in [0.15, 0.2) is 22.7 Å². The van der Waals surface area contributed by atoms with E-state index in [1.165, 1.54) is 0 Å². The first-order chi connectivity index (χ1) is 9.02. The minimum Gasteiger partial charge on any atom is -0.492 e. The predicted octanol–water partition coefficient (Wildman–Crippen LogP) is 4.08. The van der Waals surface area contributed by atoms with Crippen LogP contribution in [0.4, 0.5) is 8.78 Å². The molecule has 1 saturated heterocycles. The van der Waals surface area contributed by atoms with Crippen molar-refractivity contribution in [3.8, 4) is 5.75 Å². The minimum absolute atomic E-state index is 0.0506. The average molecular weight is 334 g/mol. The Bertz CT molecular complexity index is 429. The van der Waals surface area contributed by atoms with Crippen molar-refractivity contribution in [3.05, 3.63) is 28.2 Å². The number of ether oxygens (including phenoxy) is 1. The minimum atomic E-state index is -2.49. The largest absolute Gasteiger partial charge is 0.492 e. The van der Waals surface area contributed by atoms with Gasteiger partial charge in [-0.25, -0.2) is 8.78 Å². The van der Waals surface area contributed by atoms with Gasteiger partial charge in [0.25, 0.3) is 5.92 Å². The fraction of sp³-hybridized carbons (Fsp3) is 0.571. The molecule has 0 saturated carbocycles. The number of hydrogen-bond donors (Lipinski definition) is 0. The summed E-state index contributed by atoms with van der Waals surface area (Å²) in [5.74, 6) is -1.67. The second-order valence-electron chi connectivity index (χ2n) is 4.79. The smallest absolute Gasteiger partial charge is 0.250 e. The van der Waals surface area contributed by atoms with E-state index in [2.05, 4.69) is 20.8 Å². The maximum absolute atomic E-state index is 13.1. The number of para-hydroxylation sites is 1. The van der Waals surface area contributed by atoms with Gasteiger partial charge in [0.05, 0.1) is 11.1 Å². The highest BCUT2D eigenvalue weighted by Crippen LogP contribution is 2.32. The van der Waals surface area contributed by atoms with Crippen LogP contribution in [0.2, 0.25) is 0 Å². The molecule has 0 amide bonds. The number of alkyl halides is 2. The molecule has 1 heterocycles. The zero-order valence-electron chi connectivity index (χ0n) is 11.0. The predicted molar refractivity (Wildman–Crippen MR) is 74.8 cm³/mol. The first-order valence-corrected chi connectivity index (χ1v) is 7.31. The van der Waals surface area contributed by atoms with Crippen molar-refractivity contribution in [1.29, 1.82) is 0 Å². The lowest BCUT2D eigenvalue weighted by Crippen LogP contribution is -2.38. The van der Waals surface area contributed by atoms with Gasteiger partial charge < -0.3 is 4.74 Å². The number of likely N-dealkylation sites (tertiary alicyclic amines) is 1. The molecule has 106 valence electrons. The molecule has 1 aromatic rings. The molecule has 0 atom stereocenters. The Hall–Kier alpha value is -0.680. The summed E-state index contributed by atoms with van der Waals surface area (Å²) in [6, 6.07) is 5.86. The molecule has 1 fully saturated rings. The number of halogens is 3. The lowest BCUT2D eigenvalue weighted by molar-refractivity contribution is -0.0567. The van der Waals surface area contributed by atoms with E-state index in [1.54, 1.807) is 0 Å². The first kappa shape index (κ1) is 14.7. The molecular formula is C14H18BrF2NO. The molecule has 0 unspecified atom stereocenters. The van der Waals surface area contributed by atoms with Crippen molar-refractivity contribution in [2.24, 2.45) is 0 Å². The van der Waals surface area contributed by atoms with E-state index >= 15 is 0 Å². The number of benzene rings is 1. The molecule has 1 aliphatic heterocycles. The van der Waals surface area contributed by atoms with Gasteiger partial charge in [-0.05, 0) is 28.9 Å². The van der Waals surface area contributed by atoms with Gasteiger partial charge in [0.15, 0.2) is 0 Å². The van der Waals surface area contributed by atoms with Crippen LogP contribution >= 0.6 is 15.9 Å². The summed E-state index contributed by atoms with van der Waals surface area (Å²) in [7, 11) is 0. The Balaban J connectivity index is 2.05. The Morgan fingerprint density at radius 2 is 2.00 bits per heavy atom. The highest BCUT2D eigenvalue weighted by molar-refractivity contribution is 9.10. The molecule has 5 heteroatoms. The van der Waals surface area contributed by atoms with E-state index in [0.717, 1.165) is 15.8 Å². The van der Waals surface area contributed by atoms with Crippen molar-refractivity contribution < 1.29 is 13.5 Å². The van der Waals surface area contributed by atoms with Gasteiger partial charge >= 0.3 is 0 Å². The molecule has 1 aliphatic rings. The van der Waals surface area contributed by atoms with Crippen LogP contribution in [-0.4, -0.2) is 30.5 Å². The molecule has 2 nitrogen and oxygen atoms in total. The monoisotopic (exact) mass is 333 g/mol. The number of rotatable bonds is 4. The van der Waals surface area contributed by atoms with Crippen LogP contribution in [0.3, 0.4) is 0 Å². The highest BCUT2D eigenvalue weighted by Gasteiger charge is 2.34. The molecule has 0 radical (unpaired) electrons. The Labute approximate surface area is 120 Å². The molecule has 0 aromatic heterocycles. The molecule has 0 bridgehead atoms. The molecule has 19 heavy (non-hydrogen) atoms. The van der Waals surface area contributed by atoms with E-state index in [9.17, 15) is 8.78 Å². The zero-order valence-corrected chi connectivity index (χ0v) is 12.6. The summed E-state index contributed by atoms with van der Waals surface area (Å²) in [5, 5.41) is 0. The lowest BCUT2D eigenvalue weighted by Gasteiger charge is -2.32. The summed E-state index contributed by atoms with van der Waals surface area (Å²) in [4.78, 5) is 2.06. The van der Waals surface area contributed by atoms with Gasteiger partial charge in [-0.1, -0.05) is 12.1 Å². The molecule has 1 aromatic carbocycles. The molecule has 0 aliphatic carbocycles. The first-order valence-electron chi connectivity index (χ1n) is 6.52. The molecular weight excluding hydrogens is 316 g/mol. The summed E-state index contributed by atoms with van der Waals surface area (Å²) >= 11 is 3.47. The highest BCUT2D eigenvalue weighted by atomic mass is 79.9. The van der Waals surface area contributed by atoms with Crippen molar-refractivity contribution in [1.82, 2.24) is 4.90 Å². The fourth-order valence-electron chi connectivity index (χ4n) is 2.26. The molecule has 0 spiro atoms. The lowest BCUT2D eigenvalue weighted by atomic mass is 10.1. The summed E-state index contributed by atoms with van der Waals surface area (Å²) in [6.45, 7) is 4.05. The van der Waals surface area contributed by atoms with Crippen molar-refractivity contribution in [3.63, 3.8) is 0 Å². The second-order valence-corrected chi connectivity index (χ2v) is 5.65. The Morgan fingerprint density at radius 1 is 1.32 bits per heavy atom. The van der Waals surface area contributed by atoms with Gasteiger partial charge in [-0.3, -0.25) is 4.90 Å². The molecule has 0 N–H and O–H groups in total. The topological polar surface area (TPSA) is 12.5 Å². The van der Waals surface area contributed by atoms with Crippen LogP contribution in [-0.2, 0) is 6.54 Å². The average Bonchev–Trinajstić information content (AvgIpc) is 2.36. The van der Waals surface area contributed by atoms with Gasteiger partial charge in [-0.2, -0.15) is 0 Å². The second kappa shape index (κ2) is 6.18. The van der Waals surface area contributed by atoms with Crippen LogP contribution in [0, 0.1) is 0 Å². The Kier molecular flexibility index (Phi) is 4.79. The van der Waals surface area contributed by atoms with E-state index in [4.69, 9.17) is 4.74 Å². The summed E-state index contributed by atoms with van der Waals surface area (Å²) in [5.41, 5.74) is 1.04. The summed E-state index contributed by atoms with van der Waals surface area (Å²) < 4.78 is 32.8. The quantitative estimate of drug-likeness (QED) is 0.823. The zero-order chi connectivity index (χ0) is 13.9. The third-order valence-electron chi connectivity index (χ3n) is 3.32. The SMILES string of the molecule is CCOc1c(Br)cccc1CN1CCC(F)(F)CC1. The van der Waals surface area contributed by atoms with Crippen molar-refractivity contribution in [2.45, 2.75) is 32.2 Å². The maximum Gasteiger partial charge on any atom is 0.250 e. The van der Waals surface area contributed by atoms with Gasteiger partial charge in [0.2, 0.25) is 0 Å². The third kappa shape index (κ3) is 3.89. The van der Waals surface area contributed by atoms with E-state index < -0.39 is 5.92 Å². The van der Waals surface area contributed by atoms with E-state index in [-0.39, 0.29) is 12.8 Å². The maximum atomic E-state index is 13.1. The van der Waals surface area contributed by atoms with Crippen molar-refractivity contribution in [2.75, 3.05) is 19.7 Å². The van der Waals surface area contributed by atoms with Crippen LogP contribution in [0.1, 0.15) is 25.3 Å². The van der Waals surface area contributed by atoms with Crippen LogP contribution in [0.25, 0.3) is 0 Å². The number of hydrogen-bond acceptors (Lipinski definition) is 2. The standard InChI is InChI=1S/C14H18BrF2NO/c1-2-19-13-11(4-3-5-12(13)15)10-18-8-6-14(16,17)7-9-18/h3-5H,2,6-10H2,1H3. The van der Waals surface area contributed by atoms with E-state index in [1.807, 2.05) is 25.1 Å². The van der Waals surface area contributed by atoms with Crippen LogP contribution < -0.4 is 4.74 Å². The normalized spacial score (nSPS) is 19.4. The van der Waals surface area contributed by atoms with E-state index in [0.29, 0.717) is 26.2 Å². The Morgan fingerprint density at radius 3 is 2.63 bits per heavy atom. The molecule has 2 rings (SSSR count).